The number of halogens is 4. The number of ether oxygens (including phenoxy) is 1. The molecule has 1 aliphatic heterocycles. The van der Waals surface area contributed by atoms with Gasteiger partial charge in [0.15, 0.2) is 11.6 Å². The summed E-state index contributed by atoms with van der Waals surface area (Å²) >= 11 is 3.71. The van der Waals surface area contributed by atoms with Crippen molar-refractivity contribution in [2.75, 3.05) is 31.5 Å². The maximum Gasteiger partial charge on any atom is 0.319 e. The Morgan fingerprint density at radius 2 is 1.97 bits per heavy atom. The van der Waals surface area contributed by atoms with Crippen LogP contribution in [0.3, 0.4) is 0 Å². The van der Waals surface area contributed by atoms with Crippen molar-refractivity contribution in [3.63, 3.8) is 0 Å². The monoisotopic (exact) mass is 506 g/mol. The number of anilines is 1. The first-order valence-electron chi connectivity index (χ1n) is 9.62. The molecule has 2 N–H and O–H groups in total. The van der Waals surface area contributed by atoms with E-state index in [4.69, 9.17) is 4.74 Å². The zero-order chi connectivity index (χ0) is 21.5. The number of carbonyl (C=O) groups is 1. The molecule has 0 saturated carbocycles. The fourth-order valence-electron chi connectivity index (χ4n) is 3.09. The fourth-order valence-corrected chi connectivity index (χ4v) is 4.05. The summed E-state index contributed by atoms with van der Waals surface area (Å²) in [6, 6.07) is 1.90. The molecular formula is C19H22BrF3N4O2S. The van der Waals surface area contributed by atoms with Gasteiger partial charge < -0.3 is 15.0 Å². The van der Waals surface area contributed by atoms with Crippen LogP contribution in [0.1, 0.15) is 31.2 Å². The average molecular weight is 507 g/mol. The van der Waals surface area contributed by atoms with Crippen LogP contribution in [-0.2, 0) is 6.61 Å². The molecule has 2 aromatic rings. The van der Waals surface area contributed by atoms with Gasteiger partial charge in [0, 0.05) is 12.6 Å². The van der Waals surface area contributed by atoms with Gasteiger partial charge >= 0.3 is 6.03 Å². The summed E-state index contributed by atoms with van der Waals surface area (Å²) in [7, 11) is 0. The molecule has 0 aliphatic carbocycles. The van der Waals surface area contributed by atoms with E-state index in [0.717, 1.165) is 37.0 Å². The molecule has 30 heavy (non-hydrogen) atoms. The summed E-state index contributed by atoms with van der Waals surface area (Å²) in [5.74, 6) is -3.37. The Morgan fingerprint density at radius 1 is 1.20 bits per heavy atom. The highest BCUT2D eigenvalue weighted by molar-refractivity contribution is 9.10. The van der Waals surface area contributed by atoms with Gasteiger partial charge in [-0.25, -0.2) is 18.0 Å². The third-order valence-electron chi connectivity index (χ3n) is 4.68. The summed E-state index contributed by atoms with van der Waals surface area (Å²) in [5, 5.41) is 5.83. The molecule has 6 nitrogen and oxygen atoms in total. The molecule has 2 amide bonds. The van der Waals surface area contributed by atoms with Crippen LogP contribution in [0.2, 0.25) is 0 Å². The normalized spacial score (nSPS) is 14.1. The lowest BCUT2D eigenvalue weighted by Gasteiger charge is -2.14. The van der Waals surface area contributed by atoms with E-state index in [1.54, 1.807) is 0 Å². The van der Waals surface area contributed by atoms with Crippen LogP contribution in [-0.4, -0.2) is 41.5 Å². The highest BCUT2D eigenvalue weighted by atomic mass is 79.9. The van der Waals surface area contributed by atoms with Crippen molar-refractivity contribution in [1.29, 1.82) is 0 Å². The summed E-state index contributed by atoms with van der Waals surface area (Å²) in [5.41, 5.74) is -0.537. The number of carbonyl (C=O) groups excluding carboxylic acids is 1. The van der Waals surface area contributed by atoms with Crippen molar-refractivity contribution < 1.29 is 22.7 Å². The van der Waals surface area contributed by atoms with E-state index in [1.165, 1.54) is 32.0 Å². The van der Waals surface area contributed by atoms with Crippen LogP contribution in [0.15, 0.2) is 16.6 Å². The van der Waals surface area contributed by atoms with Crippen molar-refractivity contribution in [2.45, 2.75) is 32.3 Å². The second-order valence-electron chi connectivity index (χ2n) is 6.90. The Kier molecular flexibility index (Phi) is 8.34. The third kappa shape index (κ3) is 6.32. The number of likely N-dealkylation sites (tertiary alicyclic amines) is 1. The topological polar surface area (TPSA) is 66.5 Å². The van der Waals surface area contributed by atoms with E-state index in [9.17, 15) is 18.0 Å². The van der Waals surface area contributed by atoms with E-state index >= 15 is 0 Å². The second kappa shape index (κ2) is 11.0. The maximum atomic E-state index is 13.9. The van der Waals surface area contributed by atoms with E-state index in [0.29, 0.717) is 11.5 Å². The second-order valence-corrected chi connectivity index (χ2v) is 8.56. The Hall–Kier alpha value is -1.85. The van der Waals surface area contributed by atoms with Gasteiger partial charge in [0.1, 0.15) is 17.4 Å². The summed E-state index contributed by atoms with van der Waals surface area (Å²) in [6.45, 7) is 3.42. The molecule has 3 rings (SSSR count). The Balaban J connectivity index is 1.39. The van der Waals surface area contributed by atoms with Gasteiger partial charge in [0.05, 0.1) is 10.0 Å². The van der Waals surface area contributed by atoms with Crippen molar-refractivity contribution in [1.82, 2.24) is 14.6 Å². The first kappa shape index (κ1) is 22.8. The van der Waals surface area contributed by atoms with Crippen molar-refractivity contribution in [3.8, 4) is 5.88 Å². The molecule has 2 heterocycles. The molecule has 1 saturated heterocycles. The average Bonchev–Trinajstić information content (AvgIpc) is 3.38. The van der Waals surface area contributed by atoms with Crippen LogP contribution >= 0.6 is 27.5 Å². The van der Waals surface area contributed by atoms with Gasteiger partial charge in [-0.1, -0.05) is 0 Å². The number of amides is 2. The Morgan fingerprint density at radius 3 is 2.73 bits per heavy atom. The highest BCUT2D eigenvalue weighted by Crippen LogP contribution is 2.27. The van der Waals surface area contributed by atoms with Gasteiger partial charge in [-0.2, -0.15) is 4.37 Å². The van der Waals surface area contributed by atoms with E-state index in [1.807, 2.05) is 0 Å². The number of urea groups is 1. The van der Waals surface area contributed by atoms with Gasteiger partial charge in [0.2, 0.25) is 5.88 Å². The van der Waals surface area contributed by atoms with Crippen LogP contribution in [0.5, 0.6) is 5.88 Å². The largest absolute Gasteiger partial charge is 0.472 e. The number of hydrogen-bond donors (Lipinski definition) is 2. The summed E-state index contributed by atoms with van der Waals surface area (Å²) in [6.07, 6.45) is 4.46. The molecule has 0 radical (unpaired) electrons. The van der Waals surface area contributed by atoms with E-state index < -0.39 is 29.6 Å². The minimum absolute atomic E-state index is 0.0723. The number of hydrogen-bond acceptors (Lipinski definition) is 5. The number of unbranched alkanes of at least 4 members (excludes halogenated alkanes) is 1. The quantitative estimate of drug-likeness (QED) is 0.288. The third-order valence-corrected chi connectivity index (χ3v) is 5.95. The van der Waals surface area contributed by atoms with E-state index in [2.05, 4.69) is 35.8 Å². The zero-order valence-corrected chi connectivity index (χ0v) is 18.6. The van der Waals surface area contributed by atoms with Gasteiger partial charge in [-0.3, -0.25) is 5.32 Å². The molecule has 1 aromatic heterocycles. The molecule has 0 bridgehead atoms. The molecule has 0 atom stereocenters. The lowest BCUT2D eigenvalue weighted by Crippen LogP contribution is -2.29. The summed E-state index contributed by atoms with van der Waals surface area (Å²) in [4.78, 5) is 14.4. The minimum atomic E-state index is -1.32. The molecule has 164 valence electrons. The number of aromatic nitrogens is 1. The SMILES string of the molecule is O=C(NCCCCN1CCCC1)Nc1cc(OCc2c(F)cc(Br)c(F)c2F)ns1. The molecular weight excluding hydrogens is 485 g/mol. The van der Waals surface area contributed by atoms with Gasteiger partial charge in [-0.15, -0.1) is 0 Å². The molecule has 0 unspecified atom stereocenters. The molecule has 1 fully saturated rings. The number of nitrogens with zero attached hydrogens (tertiary/aromatic N) is 2. The van der Waals surface area contributed by atoms with Crippen LogP contribution in [0.4, 0.5) is 23.0 Å². The highest BCUT2D eigenvalue weighted by Gasteiger charge is 2.18. The summed E-state index contributed by atoms with van der Waals surface area (Å²) < 4.78 is 50.1. The molecule has 1 aromatic carbocycles. The maximum absolute atomic E-state index is 13.9. The predicted octanol–water partition coefficient (Wildman–Crippen LogP) is 4.90. The lowest BCUT2D eigenvalue weighted by molar-refractivity contribution is 0.251. The van der Waals surface area contributed by atoms with Gasteiger partial charge in [0.25, 0.3) is 0 Å². The Labute approximate surface area is 185 Å². The molecule has 0 spiro atoms. The van der Waals surface area contributed by atoms with Crippen molar-refractivity contribution >= 4 is 38.5 Å². The van der Waals surface area contributed by atoms with Crippen LogP contribution in [0, 0.1) is 17.5 Å². The van der Waals surface area contributed by atoms with Crippen LogP contribution < -0.4 is 15.4 Å². The number of nitrogens with one attached hydrogen (secondary N) is 2. The van der Waals surface area contributed by atoms with Crippen molar-refractivity contribution in [3.05, 3.63) is 39.6 Å². The fraction of sp³-hybridized carbons (Fsp3) is 0.474. The smallest absolute Gasteiger partial charge is 0.319 e. The van der Waals surface area contributed by atoms with Crippen molar-refractivity contribution in [2.24, 2.45) is 0 Å². The first-order valence-corrected chi connectivity index (χ1v) is 11.2. The Bertz CT molecular complexity index is 878. The zero-order valence-electron chi connectivity index (χ0n) is 16.1. The standard InChI is InChI=1S/C19H22BrF3N4O2S/c20-13-9-14(21)12(17(22)18(13)23)11-29-15-10-16(30-26-15)25-19(28)24-5-1-2-6-27-7-3-4-8-27/h9-10H,1-8,11H2,(H2,24,25,28). The number of rotatable bonds is 9. The molecule has 11 heteroatoms. The molecule has 1 aliphatic rings. The first-order chi connectivity index (χ1) is 14.4. The van der Waals surface area contributed by atoms with Crippen LogP contribution in [0.25, 0.3) is 0 Å². The van der Waals surface area contributed by atoms with E-state index in [-0.39, 0.29) is 16.4 Å². The number of benzene rings is 1. The predicted molar refractivity (Wildman–Crippen MR) is 112 cm³/mol. The minimum Gasteiger partial charge on any atom is -0.472 e. The lowest BCUT2D eigenvalue weighted by atomic mass is 10.2. The van der Waals surface area contributed by atoms with Gasteiger partial charge in [-0.05, 0) is 78.8 Å².